The fourth-order valence-corrected chi connectivity index (χ4v) is 2.73. The summed E-state index contributed by atoms with van der Waals surface area (Å²) in [4.78, 5) is 0. The van der Waals surface area contributed by atoms with Gasteiger partial charge in [0.2, 0.25) is 0 Å². The Bertz CT molecular complexity index is 657. The van der Waals surface area contributed by atoms with E-state index in [1.54, 1.807) is 25.1 Å². The van der Waals surface area contributed by atoms with Gasteiger partial charge in [0.15, 0.2) is 15.6 Å². The summed E-state index contributed by atoms with van der Waals surface area (Å²) >= 11 is 0. The average molecular weight is 277 g/mol. The summed E-state index contributed by atoms with van der Waals surface area (Å²) in [6.07, 6.45) is 3.44. The lowest BCUT2D eigenvalue weighted by atomic mass is 10.2. The largest absolute Gasteiger partial charge is 0.360 e. The van der Waals surface area contributed by atoms with Gasteiger partial charge in [0.1, 0.15) is 5.75 Å². The highest BCUT2D eigenvalue weighted by Gasteiger charge is 2.13. The van der Waals surface area contributed by atoms with E-state index < -0.39 is 9.84 Å². The lowest BCUT2D eigenvalue weighted by molar-refractivity contribution is 0.389. The Labute approximate surface area is 112 Å². The molecule has 0 unspecified atom stereocenters. The third-order valence-electron chi connectivity index (χ3n) is 2.50. The Morgan fingerprint density at radius 2 is 2.00 bits per heavy atom. The molecule has 0 spiro atoms. The molecule has 0 N–H and O–H groups in total. The van der Waals surface area contributed by atoms with Crippen LogP contribution in [0.2, 0.25) is 0 Å². The minimum absolute atomic E-state index is 0.0123. The monoisotopic (exact) mass is 277 g/mol. The van der Waals surface area contributed by atoms with Crippen molar-refractivity contribution in [3.05, 3.63) is 59.5 Å². The van der Waals surface area contributed by atoms with Gasteiger partial charge in [-0.1, -0.05) is 47.6 Å². The van der Waals surface area contributed by atoms with Crippen molar-refractivity contribution in [1.82, 2.24) is 5.16 Å². The quantitative estimate of drug-likeness (QED) is 0.843. The number of aromatic nitrogens is 1. The van der Waals surface area contributed by atoms with Crippen LogP contribution in [0.1, 0.15) is 17.0 Å². The summed E-state index contributed by atoms with van der Waals surface area (Å²) in [6.45, 7) is 1.76. The predicted molar refractivity (Wildman–Crippen MR) is 74.2 cm³/mol. The number of benzene rings is 1. The van der Waals surface area contributed by atoms with Gasteiger partial charge >= 0.3 is 0 Å². The molecular formula is C14H15NO3S. The van der Waals surface area contributed by atoms with E-state index in [-0.39, 0.29) is 11.5 Å². The van der Waals surface area contributed by atoms with E-state index in [2.05, 4.69) is 5.16 Å². The molecule has 100 valence electrons. The van der Waals surface area contributed by atoms with E-state index in [0.29, 0.717) is 11.5 Å². The molecule has 0 bridgehead atoms. The minimum Gasteiger partial charge on any atom is -0.360 e. The molecule has 0 aliphatic carbocycles. The zero-order chi connectivity index (χ0) is 13.7. The number of sulfone groups is 1. The maximum Gasteiger partial charge on any atom is 0.161 e. The van der Waals surface area contributed by atoms with Crippen LogP contribution in [0.3, 0.4) is 0 Å². The second-order valence-electron chi connectivity index (χ2n) is 4.30. The summed E-state index contributed by atoms with van der Waals surface area (Å²) in [6, 6.07) is 11.2. The molecule has 0 fully saturated rings. The number of aryl methyl sites for hydroxylation is 1. The van der Waals surface area contributed by atoms with Crippen LogP contribution in [0.4, 0.5) is 0 Å². The molecule has 2 rings (SSSR count). The van der Waals surface area contributed by atoms with Gasteiger partial charge in [-0.2, -0.15) is 0 Å². The highest BCUT2D eigenvalue weighted by Crippen LogP contribution is 2.09. The topological polar surface area (TPSA) is 60.2 Å². The smallest absolute Gasteiger partial charge is 0.161 e. The number of nitrogens with zero attached hydrogens (tertiary/aromatic N) is 1. The molecule has 0 saturated carbocycles. The van der Waals surface area contributed by atoms with Gasteiger partial charge in [-0.3, -0.25) is 0 Å². The van der Waals surface area contributed by atoms with Crippen LogP contribution < -0.4 is 0 Å². The van der Waals surface area contributed by atoms with Crippen LogP contribution in [-0.2, 0) is 15.6 Å². The summed E-state index contributed by atoms with van der Waals surface area (Å²) in [5.41, 5.74) is 1.67. The molecule has 1 aromatic heterocycles. The third kappa shape index (κ3) is 4.37. The van der Waals surface area contributed by atoms with Gasteiger partial charge in [0.25, 0.3) is 0 Å². The Kier molecular flexibility index (Phi) is 4.16. The van der Waals surface area contributed by atoms with Crippen LogP contribution >= 0.6 is 0 Å². The maximum atomic E-state index is 11.9. The summed E-state index contributed by atoms with van der Waals surface area (Å²) in [7, 11) is -3.21. The lowest BCUT2D eigenvalue weighted by Gasteiger charge is -1.97. The summed E-state index contributed by atoms with van der Waals surface area (Å²) in [5.74, 6) is 0.250. The summed E-state index contributed by atoms with van der Waals surface area (Å²) < 4.78 is 28.6. The van der Waals surface area contributed by atoms with Crippen molar-refractivity contribution in [2.24, 2.45) is 0 Å². The van der Waals surface area contributed by atoms with Crippen molar-refractivity contribution in [2.45, 2.75) is 12.7 Å². The van der Waals surface area contributed by atoms with E-state index in [9.17, 15) is 8.42 Å². The molecule has 0 radical (unpaired) electrons. The third-order valence-corrected chi connectivity index (χ3v) is 3.92. The van der Waals surface area contributed by atoms with E-state index >= 15 is 0 Å². The normalized spacial score (nSPS) is 12.1. The fourth-order valence-electron chi connectivity index (χ4n) is 1.65. The minimum atomic E-state index is -3.21. The van der Waals surface area contributed by atoms with Crippen molar-refractivity contribution in [2.75, 3.05) is 5.75 Å². The first-order chi connectivity index (χ1) is 9.05. The number of rotatable bonds is 5. The lowest BCUT2D eigenvalue weighted by Crippen LogP contribution is -2.06. The standard InChI is InChI=1S/C14H15NO3S/c1-12-10-14(18-15-12)11-19(16,17)9-5-8-13-6-3-2-4-7-13/h2-8,10H,9,11H2,1H3/b8-5+. The van der Waals surface area contributed by atoms with Gasteiger partial charge in [-0.25, -0.2) is 8.42 Å². The van der Waals surface area contributed by atoms with Crippen molar-refractivity contribution in [1.29, 1.82) is 0 Å². The molecule has 0 amide bonds. The molecule has 0 atom stereocenters. The maximum absolute atomic E-state index is 11.9. The van der Waals surface area contributed by atoms with Crippen LogP contribution in [0, 0.1) is 6.92 Å². The second kappa shape index (κ2) is 5.84. The molecule has 0 aliphatic rings. The van der Waals surface area contributed by atoms with E-state index in [1.165, 1.54) is 0 Å². The van der Waals surface area contributed by atoms with E-state index in [1.807, 2.05) is 30.3 Å². The summed E-state index contributed by atoms with van der Waals surface area (Å²) in [5, 5.41) is 3.67. The molecule has 19 heavy (non-hydrogen) atoms. The SMILES string of the molecule is Cc1cc(CS(=O)(=O)C/C=C/c2ccccc2)on1. The number of hydrogen-bond acceptors (Lipinski definition) is 4. The predicted octanol–water partition coefficient (Wildman–Crippen LogP) is 2.61. The molecule has 0 aliphatic heterocycles. The zero-order valence-corrected chi connectivity index (χ0v) is 11.4. The van der Waals surface area contributed by atoms with E-state index in [4.69, 9.17) is 4.52 Å². The molecule has 5 heteroatoms. The molecule has 4 nitrogen and oxygen atoms in total. The van der Waals surface area contributed by atoms with Crippen molar-refractivity contribution < 1.29 is 12.9 Å². The van der Waals surface area contributed by atoms with Gasteiger partial charge < -0.3 is 4.52 Å². The van der Waals surface area contributed by atoms with Crippen molar-refractivity contribution >= 4 is 15.9 Å². The molecule has 1 aromatic carbocycles. The van der Waals surface area contributed by atoms with Gasteiger partial charge in [-0.15, -0.1) is 0 Å². The Morgan fingerprint density at radius 1 is 1.26 bits per heavy atom. The Balaban J connectivity index is 1.96. The van der Waals surface area contributed by atoms with Crippen LogP contribution in [0.25, 0.3) is 6.08 Å². The first-order valence-corrected chi connectivity index (χ1v) is 7.71. The molecule has 1 heterocycles. The highest BCUT2D eigenvalue weighted by molar-refractivity contribution is 7.90. The van der Waals surface area contributed by atoms with Crippen LogP contribution in [0.15, 0.2) is 47.0 Å². The number of hydrogen-bond donors (Lipinski definition) is 0. The Hall–Kier alpha value is -1.88. The Morgan fingerprint density at radius 3 is 2.63 bits per heavy atom. The van der Waals surface area contributed by atoms with Gasteiger partial charge in [0, 0.05) is 6.07 Å². The van der Waals surface area contributed by atoms with Gasteiger partial charge in [-0.05, 0) is 12.5 Å². The van der Waals surface area contributed by atoms with E-state index in [0.717, 1.165) is 5.56 Å². The van der Waals surface area contributed by atoms with Crippen LogP contribution in [0.5, 0.6) is 0 Å². The van der Waals surface area contributed by atoms with Crippen molar-refractivity contribution in [3.63, 3.8) is 0 Å². The zero-order valence-electron chi connectivity index (χ0n) is 10.6. The second-order valence-corrected chi connectivity index (χ2v) is 6.41. The highest BCUT2D eigenvalue weighted by atomic mass is 32.2. The average Bonchev–Trinajstić information content (AvgIpc) is 2.75. The van der Waals surface area contributed by atoms with Gasteiger partial charge in [0.05, 0.1) is 11.4 Å². The van der Waals surface area contributed by atoms with Crippen molar-refractivity contribution in [3.8, 4) is 0 Å². The molecular weight excluding hydrogens is 262 g/mol. The molecule has 2 aromatic rings. The first kappa shape index (κ1) is 13.5. The first-order valence-electron chi connectivity index (χ1n) is 5.89. The fraction of sp³-hybridized carbons (Fsp3) is 0.214. The van der Waals surface area contributed by atoms with Crippen LogP contribution in [-0.4, -0.2) is 19.3 Å². The molecule has 0 saturated heterocycles.